The fraction of sp³-hybridized carbons (Fsp3) is 0.571. The lowest BCUT2D eigenvalue weighted by Crippen LogP contribution is -2.48. The largest absolute Gasteiger partial charge is 0.487 e. The second-order valence-corrected chi connectivity index (χ2v) is 5.84. The zero-order valence-electron chi connectivity index (χ0n) is 10.8. The lowest BCUT2D eigenvalue weighted by molar-refractivity contribution is 0.0493. The van der Waals surface area contributed by atoms with E-state index in [2.05, 4.69) is 46.8 Å². The molecule has 1 unspecified atom stereocenters. The van der Waals surface area contributed by atoms with E-state index in [1.54, 1.807) is 0 Å². The predicted octanol–water partition coefficient (Wildman–Crippen LogP) is 3.04. The summed E-state index contributed by atoms with van der Waals surface area (Å²) in [5.74, 6) is 0.987. The van der Waals surface area contributed by atoms with Crippen molar-refractivity contribution in [3.8, 4) is 5.75 Å². The fourth-order valence-corrected chi connectivity index (χ4v) is 2.66. The maximum Gasteiger partial charge on any atom is 0.128 e. The molecule has 1 aromatic rings. The van der Waals surface area contributed by atoms with E-state index in [0.29, 0.717) is 0 Å². The molecule has 0 saturated heterocycles. The van der Waals surface area contributed by atoms with Crippen LogP contribution < -0.4 is 10.5 Å². The lowest BCUT2D eigenvalue weighted by Gasteiger charge is -2.43. The zero-order chi connectivity index (χ0) is 12.1. The Morgan fingerprint density at radius 1 is 1.19 bits per heavy atom. The molecule has 2 heteroatoms. The van der Waals surface area contributed by atoms with E-state index in [9.17, 15) is 0 Å². The van der Waals surface area contributed by atoms with Gasteiger partial charge < -0.3 is 10.5 Å². The summed E-state index contributed by atoms with van der Waals surface area (Å²) >= 11 is 0. The van der Waals surface area contributed by atoms with Gasteiger partial charge >= 0.3 is 0 Å². The normalized spacial score (nSPS) is 27.1. The van der Waals surface area contributed by atoms with E-state index in [-0.39, 0.29) is 11.1 Å². The first kappa shape index (κ1) is 11.5. The average molecular weight is 219 g/mol. The van der Waals surface area contributed by atoms with Gasteiger partial charge in [-0.05, 0) is 45.7 Å². The highest BCUT2D eigenvalue weighted by atomic mass is 16.5. The maximum absolute atomic E-state index is 6.40. The first-order chi connectivity index (χ1) is 7.23. The van der Waals surface area contributed by atoms with Crippen molar-refractivity contribution in [2.75, 3.05) is 0 Å². The first-order valence-electron chi connectivity index (χ1n) is 5.81. The van der Waals surface area contributed by atoms with Gasteiger partial charge in [-0.15, -0.1) is 0 Å². The molecular weight excluding hydrogens is 198 g/mol. The van der Waals surface area contributed by atoms with E-state index < -0.39 is 0 Å². The minimum atomic E-state index is -0.296. The van der Waals surface area contributed by atoms with Crippen molar-refractivity contribution in [3.05, 3.63) is 28.8 Å². The second kappa shape index (κ2) is 3.24. The average Bonchev–Trinajstić information content (AvgIpc) is 2.09. The summed E-state index contributed by atoms with van der Waals surface area (Å²) in [4.78, 5) is 0. The molecule has 1 aliphatic rings. The second-order valence-electron chi connectivity index (χ2n) is 5.84. The van der Waals surface area contributed by atoms with Crippen LogP contribution in [0.1, 0.15) is 43.9 Å². The van der Waals surface area contributed by atoms with E-state index >= 15 is 0 Å². The molecule has 0 fully saturated rings. The SMILES string of the molecule is Cc1ccc2c(c1C)OC(C)(C)CC2(C)N. The number of hydrogen-bond acceptors (Lipinski definition) is 2. The van der Waals surface area contributed by atoms with Crippen LogP contribution in [0, 0.1) is 13.8 Å². The minimum absolute atomic E-state index is 0.185. The van der Waals surface area contributed by atoms with Crippen LogP contribution >= 0.6 is 0 Å². The summed E-state index contributed by atoms with van der Waals surface area (Å²) < 4.78 is 6.09. The van der Waals surface area contributed by atoms with Crippen molar-refractivity contribution in [1.82, 2.24) is 0 Å². The van der Waals surface area contributed by atoms with Crippen LogP contribution in [0.4, 0.5) is 0 Å². The third kappa shape index (κ3) is 1.71. The van der Waals surface area contributed by atoms with Gasteiger partial charge in [0.15, 0.2) is 0 Å². The quantitative estimate of drug-likeness (QED) is 0.728. The van der Waals surface area contributed by atoms with E-state index in [1.165, 1.54) is 11.1 Å². The van der Waals surface area contributed by atoms with Crippen LogP contribution in [0.15, 0.2) is 12.1 Å². The summed E-state index contributed by atoms with van der Waals surface area (Å²) in [6, 6.07) is 4.23. The van der Waals surface area contributed by atoms with E-state index in [4.69, 9.17) is 10.5 Å². The van der Waals surface area contributed by atoms with Gasteiger partial charge in [0.1, 0.15) is 11.4 Å². The van der Waals surface area contributed by atoms with Gasteiger partial charge in [-0.2, -0.15) is 0 Å². The van der Waals surface area contributed by atoms with E-state index in [0.717, 1.165) is 17.7 Å². The highest BCUT2D eigenvalue weighted by Crippen LogP contribution is 2.44. The van der Waals surface area contributed by atoms with Crippen LogP contribution in [0.2, 0.25) is 0 Å². The van der Waals surface area contributed by atoms with Crippen molar-refractivity contribution in [3.63, 3.8) is 0 Å². The number of benzene rings is 1. The van der Waals surface area contributed by atoms with Crippen LogP contribution in [-0.4, -0.2) is 5.60 Å². The monoisotopic (exact) mass is 219 g/mol. The Bertz CT molecular complexity index is 433. The Kier molecular flexibility index (Phi) is 2.32. The first-order valence-corrected chi connectivity index (χ1v) is 5.81. The Hall–Kier alpha value is -1.02. The van der Waals surface area contributed by atoms with Gasteiger partial charge in [0.25, 0.3) is 0 Å². The summed E-state index contributed by atoms with van der Waals surface area (Å²) in [6.07, 6.45) is 0.843. The number of ether oxygens (including phenoxy) is 1. The van der Waals surface area contributed by atoms with Crippen LogP contribution in [-0.2, 0) is 5.54 Å². The zero-order valence-corrected chi connectivity index (χ0v) is 10.8. The van der Waals surface area contributed by atoms with Gasteiger partial charge in [-0.25, -0.2) is 0 Å². The highest BCUT2D eigenvalue weighted by molar-refractivity contribution is 5.50. The molecule has 1 aliphatic heterocycles. The van der Waals surface area contributed by atoms with E-state index in [1.807, 2.05) is 0 Å². The maximum atomic E-state index is 6.40. The Morgan fingerprint density at radius 2 is 1.81 bits per heavy atom. The van der Waals surface area contributed by atoms with Crippen LogP contribution in [0.3, 0.4) is 0 Å². The summed E-state index contributed by atoms with van der Waals surface area (Å²) in [7, 11) is 0. The molecule has 1 aromatic carbocycles. The molecule has 0 amide bonds. The molecule has 0 aromatic heterocycles. The molecule has 0 aliphatic carbocycles. The fourth-order valence-electron chi connectivity index (χ4n) is 2.66. The molecule has 2 N–H and O–H groups in total. The highest BCUT2D eigenvalue weighted by Gasteiger charge is 2.40. The molecule has 0 saturated carbocycles. The summed E-state index contributed by atoms with van der Waals surface area (Å²) in [5.41, 5.74) is 9.52. The number of rotatable bonds is 0. The lowest BCUT2D eigenvalue weighted by atomic mass is 9.78. The molecule has 16 heavy (non-hydrogen) atoms. The summed E-state index contributed by atoms with van der Waals surface area (Å²) in [6.45, 7) is 10.5. The molecule has 2 rings (SSSR count). The van der Waals surface area contributed by atoms with Crippen molar-refractivity contribution in [2.24, 2.45) is 5.73 Å². The number of aryl methyl sites for hydroxylation is 1. The number of fused-ring (bicyclic) bond motifs is 1. The minimum Gasteiger partial charge on any atom is -0.487 e. The molecule has 0 spiro atoms. The van der Waals surface area contributed by atoms with Gasteiger partial charge in [-0.3, -0.25) is 0 Å². The van der Waals surface area contributed by atoms with Crippen molar-refractivity contribution in [1.29, 1.82) is 0 Å². The molecular formula is C14H21NO. The third-order valence-corrected chi connectivity index (χ3v) is 3.46. The Labute approximate surface area is 97.8 Å². The van der Waals surface area contributed by atoms with Crippen molar-refractivity contribution < 1.29 is 4.74 Å². The third-order valence-electron chi connectivity index (χ3n) is 3.46. The van der Waals surface area contributed by atoms with Gasteiger partial charge in [0.2, 0.25) is 0 Å². The van der Waals surface area contributed by atoms with Crippen LogP contribution in [0.25, 0.3) is 0 Å². The van der Waals surface area contributed by atoms with Crippen LogP contribution in [0.5, 0.6) is 5.75 Å². The number of nitrogens with two attached hydrogens (primary N) is 1. The molecule has 88 valence electrons. The smallest absolute Gasteiger partial charge is 0.128 e. The predicted molar refractivity (Wildman–Crippen MR) is 66.8 cm³/mol. The molecule has 2 nitrogen and oxygen atoms in total. The van der Waals surface area contributed by atoms with Crippen molar-refractivity contribution >= 4 is 0 Å². The van der Waals surface area contributed by atoms with Gasteiger partial charge in [0.05, 0.1) is 0 Å². The Balaban J connectivity index is 2.65. The Morgan fingerprint density at radius 3 is 2.44 bits per heavy atom. The van der Waals surface area contributed by atoms with Gasteiger partial charge in [-0.1, -0.05) is 12.1 Å². The standard InChI is InChI=1S/C14H21NO/c1-9-6-7-11-12(10(9)2)16-13(3,4)8-14(11,5)15/h6-7H,8,15H2,1-5H3. The molecule has 0 radical (unpaired) electrons. The molecule has 1 heterocycles. The van der Waals surface area contributed by atoms with Crippen molar-refractivity contribution in [2.45, 2.75) is 52.2 Å². The van der Waals surface area contributed by atoms with Gasteiger partial charge in [0, 0.05) is 17.5 Å². The molecule has 1 atom stereocenters. The molecule has 0 bridgehead atoms. The summed E-state index contributed by atoms with van der Waals surface area (Å²) in [5, 5.41) is 0. The topological polar surface area (TPSA) is 35.2 Å². The number of hydrogen-bond donors (Lipinski definition) is 1.